The van der Waals surface area contributed by atoms with E-state index in [9.17, 15) is 26.8 Å². The number of nitrogens with two attached hydrogens (primary N) is 1. The van der Waals surface area contributed by atoms with Gasteiger partial charge in [-0.2, -0.15) is 4.31 Å². The van der Waals surface area contributed by atoms with Crippen molar-refractivity contribution >= 4 is 27.5 Å². The van der Waals surface area contributed by atoms with Gasteiger partial charge >= 0.3 is 0 Å². The first-order valence-corrected chi connectivity index (χ1v) is 6.74. The molecule has 2 rings (SSSR count). The molecular weight excluding hydrogens is 296 g/mol. The van der Waals surface area contributed by atoms with Crippen LogP contribution in [0.2, 0.25) is 0 Å². The number of nitrogens with zero attached hydrogens (tertiary/aromatic N) is 1. The van der Waals surface area contributed by atoms with Crippen LogP contribution in [0.5, 0.6) is 0 Å². The summed E-state index contributed by atoms with van der Waals surface area (Å²) >= 11 is 0. The van der Waals surface area contributed by atoms with Crippen LogP contribution in [0.1, 0.15) is 0 Å². The van der Waals surface area contributed by atoms with Crippen LogP contribution >= 0.6 is 0 Å². The fourth-order valence-corrected chi connectivity index (χ4v) is 3.10. The highest BCUT2D eigenvalue weighted by Gasteiger charge is 2.35. The van der Waals surface area contributed by atoms with Crippen molar-refractivity contribution in [1.29, 1.82) is 0 Å². The number of carbonyl (C=O) groups is 2. The van der Waals surface area contributed by atoms with Crippen LogP contribution in [-0.4, -0.2) is 37.6 Å². The van der Waals surface area contributed by atoms with Gasteiger partial charge in [-0.15, -0.1) is 0 Å². The molecule has 1 heterocycles. The molecule has 1 aromatic rings. The summed E-state index contributed by atoms with van der Waals surface area (Å²) in [6.45, 7) is -1.27. The minimum absolute atomic E-state index is 0.490. The monoisotopic (exact) mass is 305 g/mol. The Hall–Kier alpha value is -2.07. The Balaban J connectivity index is 2.48. The second-order valence-corrected chi connectivity index (χ2v) is 5.92. The smallest absolute Gasteiger partial charge is 0.247 e. The van der Waals surface area contributed by atoms with Crippen molar-refractivity contribution in [1.82, 2.24) is 9.62 Å². The van der Waals surface area contributed by atoms with Gasteiger partial charge in [-0.1, -0.05) is 0 Å². The molecule has 1 saturated heterocycles. The molecule has 1 aliphatic heterocycles. The van der Waals surface area contributed by atoms with Crippen molar-refractivity contribution in [2.24, 2.45) is 0 Å². The second kappa shape index (κ2) is 4.80. The zero-order valence-corrected chi connectivity index (χ0v) is 10.7. The van der Waals surface area contributed by atoms with Crippen molar-refractivity contribution in [2.45, 2.75) is 4.90 Å². The van der Waals surface area contributed by atoms with E-state index in [2.05, 4.69) is 0 Å². The maximum atomic E-state index is 13.8. The standard InChI is InChI=1S/C10H9F2N3O4S/c11-5-1-2-6(9(12)10(5)13)20(18,19)15-3-7(16)14-8(17)4-15/h1-2H,3-4,13H2,(H,14,16,17). The van der Waals surface area contributed by atoms with Crippen molar-refractivity contribution in [3.05, 3.63) is 23.8 Å². The lowest BCUT2D eigenvalue weighted by molar-refractivity contribution is -0.134. The lowest BCUT2D eigenvalue weighted by Crippen LogP contribution is -2.53. The van der Waals surface area contributed by atoms with Crippen LogP contribution in [0, 0.1) is 11.6 Å². The van der Waals surface area contributed by atoms with Gasteiger partial charge in [-0.25, -0.2) is 17.2 Å². The third-order valence-electron chi connectivity index (χ3n) is 2.63. The van der Waals surface area contributed by atoms with E-state index in [0.717, 1.165) is 0 Å². The average molecular weight is 305 g/mol. The maximum Gasteiger partial charge on any atom is 0.247 e. The van der Waals surface area contributed by atoms with Gasteiger partial charge in [0.25, 0.3) is 0 Å². The summed E-state index contributed by atoms with van der Waals surface area (Å²) in [5, 5.41) is 1.91. The molecule has 20 heavy (non-hydrogen) atoms. The van der Waals surface area contributed by atoms with Gasteiger partial charge in [0.2, 0.25) is 21.8 Å². The van der Waals surface area contributed by atoms with Crippen molar-refractivity contribution < 1.29 is 26.8 Å². The van der Waals surface area contributed by atoms with E-state index < -0.39 is 57.1 Å². The molecule has 0 spiro atoms. The number of nitrogen functional groups attached to an aromatic ring is 1. The Kier molecular flexibility index (Phi) is 3.44. The van der Waals surface area contributed by atoms with E-state index in [4.69, 9.17) is 5.73 Å². The summed E-state index contributed by atoms with van der Waals surface area (Å²) in [7, 11) is -4.47. The van der Waals surface area contributed by atoms with Gasteiger partial charge in [0, 0.05) is 0 Å². The zero-order valence-electron chi connectivity index (χ0n) is 9.89. The van der Waals surface area contributed by atoms with Crippen molar-refractivity contribution in [3.8, 4) is 0 Å². The first kappa shape index (κ1) is 14.3. The molecule has 0 atom stereocenters. The summed E-state index contributed by atoms with van der Waals surface area (Å²) in [6, 6.07) is 1.38. The van der Waals surface area contributed by atoms with Crippen LogP contribution < -0.4 is 11.1 Å². The molecule has 0 saturated carbocycles. The SMILES string of the molecule is Nc1c(F)ccc(S(=O)(=O)N2CC(=O)NC(=O)C2)c1F. The van der Waals surface area contributed by atoms with E-state index in [1.54, 1.807) is 0 Å². The Morgan fingerprint density at radius 1 is 1.15 bits per heavy atom. The van der Waals surface area contributed by atoms with E-state index in [1.165, 1.54) is 0 Å². The van der Waals surface area contributed by atoms with Crippen LogP contribution in [0.15, 0.2) is 17.0 Å². The van der Waals surface area contributed by atoms with E-state index in [1.807, 2.05) is 5.32 Å². The number of hydrogen-bond donors (Lipinski definition) is 2. The molecule has 0 unspecified atom stereocenters. The molecule has 0 aromatic heterocycles. The quantitative estimate of drug-likeness (QED) is 0.549. The second-order valence-electron chi connectivity index (χ2n) is 4.02. The van der Waals surface area contributed by atoms with Gasteiger partial charge in [0.1, 0.15) is 16.4 Å². The number of halogens is 2. The molecule has 1 aliphatic rings. The Bertz CT molecular complexity index is 689. The van der Waals surface area contributed by atoms with Gasteiger partial charge in [0.15, 0.2) is 5.82 Å². The molecule has 2 amide bonds. The molecule has 1 aromatic carbocycles. The van der Waals surface area contributed by atoms with E-state index in [-0.39, 0.29) is 0 Å². The predicted octanol–water partition coefficient (Wildman–Crippen LogP) is -0.806. The largest absolute Gasteiger partial charge is 0.394 e. The average Bonchev–Trinajstić information content (AvgIpc) is 2.34. The fourth-order valence-electron chi connectivity index (χ4n) is 1.67. The maximum absolute atomic E-state index is 13.8. The molecule has 0 bridgehead atoms. The minimum Gasteiger partial charge on any atom is -0.394 e. The topological polar surface area (TPSA) is 110 Å². The highest BCUT2D eigenvalue weighted by molar-refractivity contribution is 7.89. The lowest BCUT2D eigenvalue weighted by Gasteiger charge is -2.25. The third kappa shape index (κ3) is 2.34. The molecule has 0 aliphatic carbocycles. The molecule has 0 radical (unpaired) electrons. The van der Waals surface area contributed by atoms with Crippen LogP contribution in [-0.2, 0) is 19.6 Å². The van der Waals surface area contributed by atoms with Crippen molar-refractivity contribution in [2.75, 3.05) is 18.8 Å². The third-order valence-corrected chi connectivity index (χ3v) is 4.44. The number of rotatable bonds is 2. The Morgan fingerprint density at radius 2 is 1.70 bits per heavy atom. The number of benzene rings is 1. The lowest BCUT2D eigenvalue weighted by atomic mass is 10.3. The molecule has 3 N–H and O–H groups in total. The van der Waals surface area contributed by atoms with E-state index >= 15 is 0 Å². The summed E-state index contributed by atoms with van der Waals surface area (Å²) in [6.07, 6.45) is 0. The van der Waals surface area contributed by atoms with Crippen LogP contribution in [0.25, 0.3) is 0 Å². The normalized spacial score (nSPS) is 17.1. The van der Waals surface area contributed by atoms with Crippen molar-refractivity contribution in [3.63, 3.8) is 0 Å². The number of piperazine rings is 1. The first-order valence-electron chi connectivity index (χ1n) is 5.30. The van der Waals surface area contributed by atoms with E-state index in [0.29, 0.717) is 16.4 Å². The number of amides is 2. The van der Waals surface area contributed by atoms with Gasteiger partial charge in [0.05, 0.1) is 13.1 Å². The minimum atomic E-state index is -4.47. The summed E-state index contributed by atoms with van der Waals surface area (Å²) in [4.78, 5) is 21.4. The number of sulfonamides is 1. The number of imide groups is 1. The van der Waals surface area contributed by atoms with Gasteiger partial charge in [-0.3, -0.25) is 14.9 Å². The number of nitrogens with one attached hydrogen (secondary N) is 1. The molecule has 1 fully saturated rings. The summed E-state index contributed by atoms with van der Waals surface area (Å²) in [5.74, 6) is -4.22. The molecule has 10 heteroatoms. The molecule has 108 valence electrons. The van der Waals surface area contributed by atoms with Crippen LogP contribution in [0.4, 0.5) is 14.5 Å². The Labute approximate surface area is 112 Å². The number of carbonyl (C=O) groups excluding carboxylic acids is 2. The fraction of sp³-hybridized carbons (Fsp3) is 0.200. The highest BCUT2D eigenvalue weighted by Crippen LogP contribution is 2.25. The highest BCUT2D eigenvalue weighted by atomic mass is 32.2. The summed E-state index contributed by atoms with van der Waals surface area (Å²) < 4.78 is 51.5. The molecular formula is C10H9F2N3O4S. The van der Waals surface area contributed by atoms with Gasteiger partial charge in [-0.05, 0) is 12.1 Å². The molecule has 7 nitrogen and oxygen atoms in total. The summed E-state index contributed by atoms with van der Waals surface area (Å²) in [5.41, 5.74) is 4.14. The van der Waals surface area contributed by atoms with Gasteiger partial charge < -0.3 is 5.73 Å². The number of anilines is 1. The Morgan fingerprint density at radius 3 is 2.25 bits per heavy atom. The zero-order chi connectivity index (χ0) is 15.1. The van der Waals surface area contributed by atoms with Crippen LogP contribution in [0.3, 0.4) is 0 Å². The number of hydrogen-bond acceptors (Lipinski definition) is 5. The first-order chi connectivity index (χ1) is 9.23. The predicted molar refractivity (Wildman–Crippen MR) is 62.7 cm³/mol.